The molecule has 0 aromatic heterocycles. The van der Waals surface area contributed by atoms with Gasteiger partial charge in [0.1, 0.15) is 0 Å². The van der Waals surface area contributed by atoms with Crippen molar-refractivity contribution in [3.63, 3.8) is 0 Å². The van der Waals surface area contributed by atoms with Crippen molar-refractivity contribution in [1.29, 1.82) is 0 Å². The van der Waals surface area contributed by atoms with Gasteiger partial charge in [-0.2, -0.15) is 0 Å². The fraction of sp³-hybridized carbons (Fsp3) is 0.294. The SMILES string of the molecule is CCCOc1c(CNc2ccc(Cl)cc2Cl)cc(Cl)cc1OC. The molecular weight excluding hydrogens is 357 g/mol. The number of hydrogen-bond donors (Lipinski definition) is 1. The average molecular weight is 375 g/mol. The second-order valence-electron chi connectivity index (χ2n) is 4.92. The van der Waals surface area contributed by atoms with E-state index < -0.39 is 0 Å². The van der Waals surface area contributed by atoms with Gasteiger partial charge in [-0.1, -0.05) is 41.7 Å². The number of benzene rings is 2. The molecule has 0 aliphatic rings. The van der Waals surface area contributed by atoms with E-state index in [1.54, 1.807) is 25.3 Å². The highest BCUT2D eigenvalue weighted by molar-refractivity contribution is 6.36. The van der Waals surface area contributed by atoms with Crippen LogP contribution in [0.4, 0.5) is 5.69 Å². The van der Waals surface area contributed by atoms with Crippen LogP contribution in [0.5, 0.6) is 11.5 Å². The Morgan fingerprint density at radius 3 is 2.48 bits per heavy atom. The van der Waals surface area contributed by atoms with Gasteiger partial charge in [0.25, 0.3) is 0 Å². The first kappa shape index (κ1) is 18.1. The molecule has 0 saturated heterocycles. The monoisotopic (exact) mass is 373 g/mol. The number of ether oxygens (including phenoxy) is 2. The standard InChI is InChI=1S/C17H18Cl3NO2/c1-3-6-23-17-11(7-13(19)9-16(17)22-2)10-21-15-5-4-12(18)8-14(15)20/h4-5,7-9,21H,3,6,10H2,1-2H3. The van der Waals surface area contributed by atoms with Crippen molar-refractivity contribution in [2.45, 2.75) is 19.9 Å². The summed E-state index contributed by atoms with van der Waals surface area (Å²) in [5, 5.41) is 5.01. The Labute approximate surface area is 151 Å². The van der Waals surface area contributed by atoms with E-state index in [-0.39, 0.29) is 0 Å². The van der Waals surface area contributed by atoms with Gasteiger partial charge in [0.15, 0.2) is 11.5 Å². The highest BCUT2D eigenvalue weighted by Crippen LogP contribution is 2.36. The Morgan fingerprint density at radius 2 is 1.83 bits per heavy atom. The van der Waals surface area contributed by atoms with E-state index in [1.807, 2.05) is 19.1 Å². The fourth-order valence-corrected chi connectivity index (χ4v) is 2.80. The minimum Gasteiger partial charge on any atom is -0.493 e. The maximum Gasteiger partial charge on any atom is 0.166 e. The second-order valence-corrected chi connectivity index (χ2v) is 6.20. The molecule has 2 aromatic rings. The smallest absolute Gasteiger partial charge is 0.166 e. The van der Waals surface area contributed by atoms with Crippen molar-refractivity contribution in [2.75, 3.05) is 19.0 Å². The van der Waals surface area contributed by atoms with Gasteiger partial charge < -0.3 is 14.8 Å². The first-order chi connectivity index (χ1) is 11.0. The molecule has 1 N–H and O–H groups in total. The lowest BCUT2D eigenvalue weighted by atomic mass is 10.1. The Bertz CT molecular complexity index is 677. The van der Waals surface area contributed by atoms with E-state index in [4.69, 9.17) is 44.3 Å². The number of halogens is 3. The zero-order chi connectivity index (χ0) is 16.8. The molecule has 2 aromatic carbocycles. The lowest BCUT2D eigenvalue weighted by Gasteiger charge is -2.17. The highest BCUT2D eigenvalue weighted by Gasteiger charge is 2.13. The van der Waals surface area contributed by atoms with Gasteiger partial charge in [-0.3, -0.25) is 0 Å². The molecule has 0 fully saturated rings. The maximum absolute atomic E-state index is 6.18. The Hall–Kier alpha value is -1.29. The minimum atomic E-state index is 0.497. The van der Waals surface area contributed by atoms with Crippen molar-refractivity contribution in [3.05, 3.63) is 51.0 Å². The lowest BCUT2D eigenvalue weighted by Crippen LogP contribution is -2.06. The van der Waals surface area contributed by atoms with E-state index in [1.165, 1.54) is 0 Å². The first-order valence-corrected chi connectivity index (χ1v) is 8.36. The topological polar surface area (TPSA) is 30.5 Å². The summed E-state index contributed by atoms with van der Waals surface area (Å²) in [4.78, 5) is 0. The van der Waals surface area contributed by atoms with Crippen molar-refractivity contribution < 1.29 is 9.47 Å². The number of hydrogen-bond acceptors (Lipinski definition) is 3. The van der Waals surface area contributed by atoms with Gasteiger partial charge in [-0.05, 0) is 30.7 Å². The highest BCUT2D eigenvalue weighted by atomic mass is 35.5. The molecule has 23 heavy (non-hydrogen) atoms. The van der Waals surface area contributed by atoms with Crippen LogP contribution in [-0.2, 0) is 6.54 Å². The van der Waals surface area contributed by atoms with E-state index in [2.05, 4.69) is 5.32 Å². The zero-order valence-electron chi connectivity index (χ0n) is 13.0. The van der Waals surface area contributed by atoms with Crippen molar-refractivity contribution in [1.82, 2.24) is 0 Å². The summed E-state index contributed by atoms with van der Waals surface area (Å²) in [5.74, 6) is 1.31. The fourth-order valence-electron chi connectivity index (χ4n) is 2.10. The summed E-state index contributed by atoms with van der Waals surface area (Å²) >= 11 is 18.3. The second kappa shape index (κ2) is 8.53. The molecule has 0 aliphatic carbocycles. The van der Waals surface area contributed by atoms with Crippen LogP contribution in [-0.4, -0.2) is 13.7 Å². The summed E-state index contributed by atoms with van der Waals surface area (Å²) in [5.41, 5.74) is 1.69. The van der Waals surface area contributed by atoms with Crippen molar-refractivity contribution in [3.8, 4) is 11.5 Å². The van der Waals surface area contributed by atoms with Crippen LogP contribution in [0, 0.1) is 0 Å². The number of rotatable bonds is 7. The van der Waals surface area contributed by atoms with Crippen molar-refractivity contribution in [2.24, 2.45) is 0 Å². The Balaban J connectivity index is 2.25. The number of anilines is 1. The molecule has 6 heteroatoms. The predicted octanol–water partition coefficient (Wildman–Crippen LogP) is 6.06. The summed E-state index contributed by atoms with van der Waals surface area (Å²) in [7, 11) is 1.59. The number of nitrogens with one attached hydrogen (secondary N) is 1. The molecule has 0 aliphatic heterocycles. The molecule has 3 nitrogen and oxygen atoms in total. The summed E-state index contributed by atoms with van der Waals surface area (Å²) in [6.07, 6.45) is 0.904. The van der Waals surface area contributed by atoms with Crippen molar-refractivity contribution >= 4 is 40.5 Å². The molecule has 0 spiro atoms. The predicted molar refractivity (Wildman–Crippen MR) is 97.6 cm³/mol. The van der Waals surface area contributed by atoms with Gasteiger partial charge in [0.05, 0.1) is 24.4 Å². The first-order valence-electron chi connectivity index (χ1n) is 7.23. The Morgan fingerprint density at radius 1 is 1.04 bits per heavy atom. The molecule has 2 rings (SSSR count). The van der Waals surface area contributed by atoms with E-state index in [0.29, 0.717) is 39.7 Å². The summed E-state index contributed by atoms with van der Waals surface area (Å²) in [6.45, 7) is 3.15. The third-order valence-electron chi connectivity index (χ3n) is 3.17. The molecule has 0 bridgehead atoms. The van der Waals surface area contributed by atoms with Crippen LogP contribution in [0.1, 0.15) is 18.9 Å². The van der Waals surface area contributed by atoms with Crippen LogP contribution in [0.25, 0.3) is 0 Å². The van der Waals surface area contributed by atoms with Gasteiger partial charge in [0.2, 0.25) is 0 Å². The molecule has 0 saturated carbocycles. The van der Waals surface area contributed by atoms with E-state index >= 15 is 0 Å². The molecule has 0 unspecified atom stereocenters. The van der Waals surface area contributed by atoms with Gasteiger partial charge in [-0.25, -0.2) is 0 Å². The third kappa shape index (κ3) is 4.84. The largest absolute Gasteiger partial charge is 0.493 e. The molecule has 0 amide bonds. The van der Waals surface area contributed by atoms with Gasteiger partial charge in [-0.15, -0.1) is 0 Å². The van der Waals surface area contributed by atoms with Gasteiger partial charge >= 0.3 is 0 Å². The quantitative estimate of drug-likeness (QED) is 0.639. The molecule has 0 radical (unpaired) electrons. The number of methoxy groups -OCH3 is 1. The summed E-state index contributed by atoms with van der Waals surface area (Å²) < 4.78 is 11.2. The normalized spacial score (nSPS) is 10.5. The average Bonchev–Trinajstić information content (AvgIpc) is 2.52. The van der Waals surface area contributed by atoms with Crippen LogP contribution in [0.3, 0.4) is 0 Å². The zero-order valence-corrected chi connectivity index (χ0v) is 15.2. The van der Waals surface area contributed by atoms with Crippen LogP contribution < -0.4 is 14.8 Å². The van der Waals surface area contributed by atoms with Crippen LogP contribution in [0.2, 0.25) is 15.1 Å². The minimum absolute atomic E-state index is 0.497. The van der Waals surface area contributed by atoms with E-state index in [9.17, 15) is 0 Å². The molecule has 0 atom stereocenters. The molecule has 124 valence electrons. The van der Waals surface area contributed by atoms with E-state index in [0.717, 1.165) is 17.7 Å². The van der Waals surface area contributed by atoms with Crippen LogP contribution in [0.15, 0.2) is 30.3 Å². The lowest BCUT2D eigenvalue weighted by molar-refractivity contribution is 0.291. The third-order valence-corrected chi connectivity index (χ3v) is 3.93. The summed E-state index contributed by atoms with van der Waals surface area (Å²) in [6, 6.07) is 8.90. The molecule has 0 heterocycles. The van der Waals surface area contributed by atoms with Crippen LogP contribution >= 0.6 is 34.8 Å². The van der Waals surface area contributed by atoms with Gasteiger partial charge in [0, 0.05) is 28.2 Å². The Kier molecular flexibility index (Phi) is 6.70. The molecular formula is C17H18Cl3NO2. The maximum atomic E-state index is 6.18.